The number of hydrogen-bond donors (Lipinski definition) is 0. The largest absolute Gasteiger partial charge is 0.276 e. The number of fused-ring (bicyclic) bond motifs is 1. The molecule has 3 rings (SSSR count). The van der Waals surface area contributed by atoms with Crippen molar-refractivity contribution < 1.29 is 4.79 Å². The molecule has 2 nitrogen and oxygen atoms in total. The van der Waals surface area contributed by atoms with Crippen molar-refractivity contribution in [3.63, 3.8) is 0 Å². The van der Waals surface area contributed by atoms with Gasteiger partial charge in [-0.3, -0.25) is 4.79 Å². The van der Waals surface area contributed by atoms with Gasteiger partial charge in [-0.05, 0) is 48.4 Å². The van der Waals surface area contributed by atoms with E-state index in [4.69, 9.17) is 34.8 Å². The van der Waals surface area contributed by atoms with Crippen molar-refractivity contribution in [2.45, 2.75) is 6.92 Å². The molecular weight excluding hydrogens is 341 g/mol. The van der Waals surface area contributed by atoms with Gasteiger partial charge in [0, 0.05) is 26.6 Å². The Morgan fingerprint density at radius 1 is 1.09 bits per heavy atom. The van der Waals surface area contributed by atoms with Crippen LogP contribution in [0.15, 0.2) is 42.5 Å². The first-order chi connectivity index (χ1) is 10.5. The minimum atomic E-state index is -0.530. The molecule has 0 bridgehead atoms. The number of carbonyl (C=O) groups excluding carboxylic acids is 1. The molecule has 0 aliphatic carbocycles. The van der Waals surface area contributed by atoms with Gasteiger partial charge in [0.25, 0.3) is 5.24 Å². The molecule has 0 amide bonds. The maximum atomic E-state index is 11.8. The molecule has 0 atom stereocenters. The van der Waals surface area contributed by atoms with Crippen LogP contribution < -0.4 is 0 Å². The summed E-state index contributed by atoms with van der Waals surface area (Å²) in [5.41, 5.74) is 3.31. The van der Waals surface area contributed by atoms with Gasteiger partial charge in [-0.2, -0.15) is 0 Å². The Morgan fingerprint density at radius 2 is 1.86 bits per heavy atom. The van der Waals surface area contributed by atoms with Crippen LogP contribution in [0.4, 0.5) is 0 Å². The predicted octanol–water partition coefficient (Wildman–Crippen LogP) is 5.90. The number of rotatable bonds is 2. The molecule has 1 aromatic heterocycles. The number of nitrogens with zero attached hydrogens (tertiary/aromatic N) is 1. The summed E-state index contributed by atoms with van der Waals surface area (Å²) in [5.74, 6) is 0. The van der Waals surface area contributed by atoms with Gasteiger partial charge in [0.15, 0.2) is 0 Å². The van der Waals surface area contributed by atoms with Gasteiger partial charge in [-0.1, -0.05) is 41.4 Å². The summed E-state index contributed by atoms with van der Waals surface area (Å²) in [6.45, 7) is 1.86. The van der Waals surface area contributed by atoms with E-state index in [1.54, 1.807) is 30.3 Å². The summed E-state index contributed by atoms with van der Waals surface area (Å²) < 4.78 is 0. The molecule has 0 fully saturated rings. The average molecular weight is 351 g/mol. The maximum Gasteiger partial charge on any atom is 0.253 e. The third-order valence-corrected chi connectivity index (χ3v) is 4.35. The SMILES string of the molecule is Cc1c(Cl)ccc2c(C(=O)Cl)cc(-c3cccc(Cl)c3)nc12. The van der Waals surface area contributed by atoms with E-state index in [9.17, 15) is 4.79 Å². The van der Waals surface area contributed by atoms with Gasteiger partial charge >= 0.3 is 0 Å². The van der Waals surface area contributed by atoms with Crippen molar-refractivity contribution in [1.82, 2.24) is 4.98 Å². The monoisotopic (exact) mass is 349 g/mol. The molecule has 0 saturated heterocycles. The highest BCUT2D eigenvalue weighted by Gasteiger charge is 2.15. The highest BCUT2D eigenvalue weighted by Crippen LogP contribution is 2.31. The Balaban J connectivity index is 2.37. The molecular formula is C17H10Cl3NO. The van der Waals surface area contributed by atoms with Crippen molar-refractivity contribution in [2.24, 2.45) is 0 Å². The fraction of sp³-hybridized carbons (Fsp3) is 0.0588. The Bertz CT molecular complexity index is 906. The first-order valence-corrected chi connectivity index (χ1v) is 7.66. The number of pyridine rings is 1. The fourth-order valence-corrected chi connectivity index (χ4v) is 2.86. The zero-order chi connectivity index (χ0) is 15.9. The standard InChI is InChI=1S/C17H10Cl3NO/c1-9-14(19)6-5-12-13(17(20)22)8-15(21-16(9)12)10-3-2-4-11(18)7-10/h2-8H,1H3. The lowest BCUT2D eigenvalue weighted by molar-refractivity contribution is 0.108. The summed E-state index contributed by atoms with van der Waals surface area (Å²) >= 11 is 17.9. The Morgan fingerprint density at radius 3 is 2.55 bits per heavy atom. The molecule has 0 N–H and O–H groups in total. The number of hydrogen-bond acceptors (Lipinski definition) is 2. The average Bonchev–Trinajstić information content (AvgIpc) is 2.50. The quantitative estimate of drug-likeness (QED) is 0.539. The van der Waals surface area contributed by atoms with Crippen LogP contribution in [0.5, 0.6) is 0 Å². The molecule has 5 heteroatoms. The van der Waals surface area contributed by atoms with E-state index in [0.29, 0.717) is 32.2 Å². The number of aryl methyl sites for hydroxylation is 1. The molecule has 1 heterocycles. The minimum Gasteiger partial charge on any atom is -0.276 e. The summed E-state index contributed by atoms with van der Waals surface area (Å²) in [6, 6.07) is 12.5. The van der Waals surface area contributed by atoms with E-state index >= 15 is 0 Å². The lowest BCUT2D eigenvalue weighted by Gasteiger charge is -2.10. The number of aromatic nitrogens is 1. The Kier molecular flexibility index (Phi) is 4.09. The molecule has 22 heavy (non-hydrogen) atoms. The van der Waals surface area contributed by atoms with Gasteiger partial charge in [0.2, 0.25) is 0 Å². The van der Waals surface area contributed by atoms with E-state index in [-0.39, 0.29) is 0 Å². The second-order valence-electron chi connectivity index (χ2n) is 4.91. The van der Waals surface area contributed by atoms with E-state index in [1.807, 2.05) is 19.1 Å². The number of carbonyl (C=O) groups is 1. The molecule has 0 saturated carbocycles. The lowest BCUT2D eigenvalue weighted by Crippen LogP contribution is -1.97. The summed E-state index contributed by atoms with van der Waals surface area (Å²) in [6.07, 6.45) is 0. The zero-order valence-electron chi connectivity index (χ0n) is 11.5. The second-order valence-corrected chi connectivity index (χ2v) is 6.09. The van der Waals surface area contributed by atoms with Crippen molar-refractivity contribution in [3.8, 4) is 11.3 Å². The van der Waals surface area contributed by atoms with Gasteiger partial charge in [0.1, 0.15) is 0 Å². The number of benzene rings is 2. The third-order valence-electron chi connectivity index (χ3n) is 3.50. The molecule has 2 aromatic carbocycles. The topological polar surface area (TPSA) is 30.0 Å². The molecule has 0 unspecified atom stereocenters. The van der Waals surface area contributed by atoms with Crippen LogP contribution in [0.1, 0.15) is 15.9 Å². The predicted molar refractivity (Wildman–Crippen MR) is 92.1 cm³/mol. The molecule has 0 radical (unpaired) electrons. The van der Waals surface area contributed by atoms with Crippen LogP contribution in [0, 0.1) is 6.92 Å². The van der Waals surface area contributed by atoms with Crippen LogP contribution >= 0.6 is 34.8 Å². The van der Waals surface area contributed by atoms with Gasteiger partial charge in [-0.25, -0.2) is 4.98 Å². The number of halogens is 3. The van der Waals surface area contributed by atoms with Crippen LogP contribution in [-0.4, -0.2) is 10.2 Å². The smallest absolute Gasteiger partial charge is 0.253 e. The third kappa shape index (κ3) is 2.70. The van der Waals surface area contributed by atoms with Crippen molar-refractivity contribution in [1.29, 1.82) is 0 Å². The first-order valence-electron chi connectivity index (χ1n) is 6.53. The zero-order valence-corrected chi connectivity index (χ0v) is 13.8. The van der Waals surface area contributed by atoms with Gasteiger partial charge in [-0.15, -0.1) is 0 Å². The van der Waals surface area contributed by atoms with Crippen LogP contribution in [-0.2, 0) is 0 Å². The van der Waals surface area contributed by atoms with Crippen molar-refractivity contribution >= 4 is 50.9 Å². The Labute approximate surface area is 142 Å². The van der Waals surface area contributed by atoms with Crippen LogP contribution in [0.3, 0.4) is 0 Å². The summed E-state index contributed by atoms with van der Waals surface area (Å²) in [7, 11) is 0. The van der Waals surface area contributed by atoms with E-state index in [0.717, 1.165) is 11.1 Å². The van der Waals surface area contributed by atoms with E-state index < -0.39 is 5.24 Å². The second kappa shape index (κ2) is 5.88. The normalized spacial score (nSPS) is 10.9. The van der Waals surface area contributed by atoms with Gasteiger partial charge < -0.3 is 0 Å². The lowest BCUT2D eigenvalue weighted by atomic mass is 10.0. The van der Waals surface area contributed by atoms with Crippen LogP contribution in [0.2, 0.25) is 10.0 Å². The summed E-state index contributed by atoms with van der Waals surface area (Å²) in [4.78, 5) is 16.4. The van der Waals surface area contributed by atoms with Crippen LogP contribution in [0.25, 0.3) is 22.2 Å². The van der Waals surface area contributed by atoms with Gasteiger partial charge in [0.05, 0.1) is 11.2 Å². The molecule has 0 aliphatic rings. The van der Waals surface area contributed by atoms with Crippen molar-refractivity contribution in [2.75, 3.05) is 0 Å². The van der Waals surface area contributed by atoms with Crippen molar-refractivity contribution in [3.05, 3.63) is 63.6 Å². The van der Waals surface area contributed by atoms with E-state index in [2.05, 4.69) is 4.98 Å². The highest BCUT2D eigenvalue weighted by molar-refractivity contribution is 6.68. The minimum absolute atomic E-state index is 0.404. The molecule has 0 aliphatic heterocycles. The fourth-order valence-electron chi connectivity index (χ4n) is 2.36. The summed E-state index contributed by atoms with van der Waals surface area (Å²) in [5, 5.41) is 1.35. The highest BCUT2D eigenvalue weighted by atomic mass is 35.5. The molecule has 0 spiro atoms. The molecule has 110 valence electrons. The Hall–Kier alpha value is -1.61. The molecule has 3 aromatic rings. The maximum absolute atomic E-state index is 11.8. The first kappa shape index (κ1) is 15.3. The van der Waals surface area contributed by atoms with E-state index in [1.165, 1.54) is 0 Å².